The van der Waals surface area contributed by atoms with Crippen LogP contribution in [0, 0.1) is 11.8 Å². The summed E-state index contributed by atoms with van der Waals surface area (Å²) >= 11 is 1.89. The van der Waals surface area contributed by atoms with E-state index in [1.165, 1.54) is 21.3 Å². The van der Waals surface area contributed by atoms with Gasteiger partial charge < -0.3 is 49.1 Å². The first-order chi connectivity index (χ1) is 25.8. The summed E-state index contributed by atoms with van der Waals surface area (Å²) in [6.07, 6.45) is 4.75. The molecule has 15 heteroatoms. The highest BCUT2D eigenvalue weighted by molar-refractivity contribution is 8.00. The fourth-order valence-corrected chi connectivity index (χ4v) is 9.85. The molecule has 0 aromatic heterocycles. The van der Waals surface area contributed by atoms with Crippen LogP contribution in [0.4, 0.5) is 4.79 Å². The van der Waals surface area contributed by atoms with E-state index < -0.39 is 23.9 Å². The van der Waals surface area contributed by atoms with Gasteiger partial charge in [-0.25, -0.2) is 4.79 Å². The number of esters is 2. The summed E-state index contributed by atoms with van der Waals surface area (Å²) in [5.74, 6) is 1.08. The normalized spacial score (nSPS) is 26.1. The Kier molecular flexibility index (Phi) is 11.3. The van der Waals surface area contributed by atoms with Gasteiger partial charge >= 0.3 is 18.0 Å². The zero-order valence-electron chi connectivity index (χ0n) is 30.2. The number of unbranched alkanes of at least 4 members (excludes halogenated alkanes) is 3. The number of carbonyl (C=O) groups is 4. The van der Waals surface area contributed by atoms with Gasteiger partial charge in [0, 0.05) is 47.8 Å². The number of fused-ring (bicyclic) bond motifs is 4. The summed E-state index contributed by atoms with van der Waals surface area (Å²) in [7, 11) is 4.61. The van der Waals surface area contributed by atoms with Gasteiger partial charge in [0.2, 0.25) is 18.4 Å². The van der Waals surface area contributed by atoms with Crippen LogP contribution in [0.2, 0.25) is 0 Å². The molecule has 53 heavy (non-hydrogen) atoms. The molecule has 14 nitrogen and oxygen atoms in total. The number of hydrogen-bond acceptors (Lipinski definition) is 12. The number of benzene rings is 2. The topological polar surface area (TPSA) is 169 Å². The highest BCUT2D eigenvalue weighted by Crippen LogP contribution is 2.56. The van der Waals surface area contributed by atoms with Crippen molar-refractivity contribution in [3.8, 4) is 28.7 Å². The maximum Gasteiger partial charge on any atom is 0.315 e. The Bertz CT molecular complexity index is 1700. The Hall–Kier alpha value is -4.53. The maximum absolute atomic E-state index is 13.4. The van der Waals surface area contributed by atoms with Crippen molar-refractivity contribution >= 4 is 35.6 Å². The van der Waals surface area contributed by atoms with E-state index in [0.29, 0.717) is 53.4 Å². The lowest BCUT2D eigenvalue weighted by Crippen LogP contribution is -2.36. The fourth-order valence-electron chi connectivity index (χ4n) is 8.31. The van der Waals surface area contributed by atoms with Gasteiger partial charge in [-0.05, 0) is 61.1 Å². The molecule has 7 atom stereocenters. The van der Waals surface area contributed by atoms with Crippen LogP contribution < -0.4 is 39.6 Å². The highest BCUT2D eigenvalue weighted by atomic mass is 32.2. The van der Waals surface area contributed by atoms with Gasteiger partial charge in [0.1, 0.15) is 6.10 Å². The molecule has 0 spiro atoms. The van der Waals surface area contributed by atoms with Crippen molar-refractivity contribution < 1.29 is 52.3 Å². The molecule has 3 amide bonds. The summed E-state index contributed by atoms with van der Waals surface area (Å²) in [5, 5.41) is 9.35. The predicted molar refractivity (Wildman–Crippen MR) is 193 cm³/mol. The van der Waals surface area contributed by atoms with Crippen LogP contribution >= 0.6 is 11.8 Å². The lowest BCUT2D eigenvalue weighted by Gasteiger charge is -2.38. The van der Waals surface area contributed by atoms with E-state index in [-0.39, 0.29) is 55.8 Å². The molecule has 3 fully saturated rings. The smallest absolute Gasteiger partial charge is 0.315 e. The number of rotatable bonds is 16. The van der Waals surface area contributed by atoms with Crippen LogP contribution in [0.15, 0.2) is 24.3 Å². The second-order valence-corrected chi connectivity index (χ2v) is 15.3. The molecule has 7 rings (SSSR count). The molecule has 4 aliphatic heterocycles. The summed E-state index contributed by atoms with van der Waals surface area (Å²) in [6, 6.07) is 7.69. The Balaban J connectivity index is 0.930. The lowest BCUT2D eigenvalue weighted by atomic mass is 9.66. The molecule has 2 aromatic carbocycles. The standard InChI is InChI=1S/C38H47N3O11S/c1-46-27-13-20(14-28(47-2)36(27)48-3)32-21-15-25-26(51-19-50-25)16-22(21)35(23-17-49-37(44)33(23)32)52-31(43)11-5-4-8-12-39-30(42)10-7-6-9-29-34-24(18-53-29)40-38(45)41-34/h13-16,23-24,29,32-35H,4-12,17-19H2,1-3H3,(H,39,42)(H2,40,41,45)/t23-,24-,29-,32+,33-,34-,35+/m0/s1. The van der Waals surface area contributed by atoms with Crippen molar-refractivity contribution in [2.45, 2.75) is 80.7 Å². The number of methoxy groups -OCH3 is 3. The average Bonchev–Trinajstić information content (AvgIpc) is 3.95. The molecule has 0 unspecified atom stereocenters. The van der Waals surface area contributed by atoms with E-state index >= 15 is 0 Å². The Morgan fingerprint density at radius 2 is 1.60 bits per heavy atom. The van der Waals surface area contributed by atoms with E-state index in [1.807, 2.05) is 36.0 Å². The summed E-state index contributed by atoms with van der Waals surface area (Å²) in [6.45, 7) is 0.710. The molecule has 1 aliphatic carbocycles. The largest absolute Gasteiger partial charge is 0.493 e. The highest BCUT2D eigenvalue weighted by Gasteiger charge is 2.54. The molecule has 0 radical (unpaired) electrons. The molecule has 5 aliphatic rings. The molecule has 3 saturated heterocycles. The molecular formula is C38H47N3O11S. The molecule has 286 valence electrons. The van der Waals surface area contributed by atoms with E-state index in [1.54, 1.807) is 0 Å². The number of thioether (sulfide) groups is 1. The van der Waals surface area contributed by atoms with Crippen LogP contribution in [0.3, 0.4) is 0 Å². The number of carbonyl (C=O) groups excluding carboxylic acids is 4. The van der Waals surface area contributed by atoms with Crippen molar-refractivity contribution in [1.29, 1.82) is 0 Å². The minimum Gasteiger partial charge on any atom is -0.493 e. The second kappa shape index (κ2) is 16.2. The van der Waals surface area contributed by atoms with Gasteiger partial charge in [-0.1, -0.05) is 12.8 Å². The first kappa shape index (κ1) is 36.8. The second-order valence-electron chi connectivity index (χ2n) is 14.0. The van der Waals surface area contributed by atoms with Crippen LogP contribution in [-0.4, -0.2) is 88.2 Å². The Morgan fingerprint density at radius 3 is 2.34 bits per heavy atom. The first-order valence-electron chi connectivity index (χ1n) is 18.3. The molecular weight excluding hydrogens is 706 g/mol. The van der Waals surface area contributed by atoms with Crippen LogP contribution in [-0.2, 0) is 23.9 Å². The third-order valence-corrected chi connectivity index (χ3v) is 12.4. The van der Waals surface area contributed by atoms with Gasteiger partial charge in [0.05, 0.1) is 45.9 Å². The molecule has 4 heterocycles. The van der Waals surface area contributed by atoms with Crippen molar-refractivity contribution in [2.75, 3.05) is 47.0 Å². The number of urea groups is 1. The maximum atomic E-state index is 13.4. The Labute approximate surface area is 312 Å². The number of ether oxygens (including phenoxy) is 7. The summed E-state index contributed by atoms with van der Waals surface area (Å²) in [4.78, 5) is 50.7. The number of amides is 3. The van der Waals surface area contributed by atoms with Crippen molar-refractivity contribution in [1.82, 2.24) is 16.0 Å². The van der Waals surface area contributed by atoms with Crippen LogP contribution in [0.25, 0.3) is 0 Å². The molecule has 0 bridgehead atoms. The number of nitrogens with one attached hydrogen (secondary N) is 3. The van der Waals surface area contributed by atoms with E-state index in [0.717, 1.165) is 54.5 Å². The third kappa shape index (κ3) is 7.62. The van der Waals surface area contributed by atoms with Gasteiger partial charge in [0.15, 0.2) is 23.0 Å². The SMILES string of the molecule is COc1cc([C@@H]2c3cc4c(cc3[C@@H](OC(=O)CCCCCNC(=O)CCCC[C@@H]3SC[C@@H]5NC(=O)N[C@@H]53)[C@H]3COC(=O)[C@H]23)OCO4)cc(OC)c1OC. The minimum atomic E-state index is -0.733. The lowest BCUT2D eigenvalue weighted by molar-refractivity contribution is -0.154. The van der Waals surface area contributed by atoms with Gasteiger partial charge in [-0.15, -0.1) is 0 Å². The predicted octanol–water partition coefficient (Wildman–Crippen LogP) is 4.36. The van der Waals surface area contributed by atoms with Gasteiger partial charge in [-0.2, -0.15) is 11.8 Å². The third-order valence-electron chi connectivity index (χ3n) is 10.9. The first-order valence-corrected chi connectivity index (χ1v) is 19.4. The molecule has 3 N–H and O–H groups in total. The zero-order chi connectivity index (χ0) is 37.1. The molecule has 0 saturated carbocycles. The number of hydrogen-bond donors (Lipinski definition) is 3. The van der Waals surface area contributed by atoms with E-state index in [4.69, 9.17) is 33.2 Å². The quantitative estimate of drug-likeness (QED) is 0.126. The Morgan fingerprint density at radius 1 is 0.868 bits per heavy atom. The van der Waals surface area contributed by atoms with Crippen molar-refractivity contribution in [3.63, 3.8) is 0 Å². The van der Waals surface area contributed by atoms with Crippen LogP contribution in [0.5, 0.6) is 28.7 Å². The minimum absolute atomic E-state index is 0.0294. The monoisotopic (exact) mass is 753 g/mol. The van der Waals surface area contributed by atoms with E-state index in [2.05, 4.69) is 16.0 Å². The average molecular weight is 754 g/mol. The van der Waals surface area contributed by atoms with Gasteiger partial charge in [0.25, 0.3) is 0 Å². The molecule has 2 aromatic rings. The summed E-state index contributed by atoms with van der Waals surface area (Å²) in [5.41, 5.74) is 2.25. The number of cyclic esters (lactones) is 1. The van der Waals surface area contributed by atoms with Crippen LogP contribution in [0.1, 0.15) is 80.1 Å². The van der Waals surface area contributed by atoms with Crippen molar-refractivity contribution in [2.24, 2.45) is 11.8 Å². The summed E-state index contributed by atoms with van der Waals surface area (Å²) < 4.78 is 40.1. The van der Waals surface area contributed by atoms with Crippen molar-refractivity contribution in [3.05, 3.63) is 41.0 Å². The fraction of sp³-hybridized carbons (Fsp3) is 0.579. The van der Waals surface area contributed by atoms with E-state index in [9.17, 15) is 19.2 Å². The van der Waals surface area contributed by atoms with Gasteiger partial charge in [-0.3, -0.25) is 14.4 Å². The zero-order valence-corrected chi connectivity index (χ0v) is 31.1.